The van der Waals surface area contributed by atoms with Crippen molar-refractivity contribution in [2.45, 2.75) is 114 Å². The Hall–Kier alpha value is -0.246. The summed E-state index contributed by atoms with van der Waals surface area (Å²) in [7, 11) is -15.1. The van der Waals surface area contributed by atoms with Crippen molar-refractivity contribution < 1.29 is 73.5 Å². The minimum absolute atomic E-state index is 1.11. The molecule has 0 aliphatic heterocycles. The first-order valence-electron chi connectivity index (χ1n) is 12.2. The van der Waals surface area contributed by atoms with Crippen molar-refractivity contribution in [2.24, 2.45) is 0 Å². The summed E-state index contributed by atoms with van der Waals surface area (Å²) in [5, 5.41) is 0. The van der Waals surface area contributed by atoms with Crippen LogP contribution in [0.2, 0.25) is 71.5 Å². The van der Waals surface area contributed by atoms with Gasteiger partial charge in [-0.2, -0.15) is 57.1 Å². The fourth-order valence-corrected chi connectivity index (χ4v) is 27.2. The number of rotatable bonds is 16. The number of halogens is 13. The molecule has 0 atom stereocenters. The third-order valence-corrected chi connectivity index (χ3v) is 24.1. The Morgan fingerprint density at radius 2 is 0.833 bits per heavy atom. The third-order valence-electron chi connectivity index (χ3n) is 5.55. The summed E-state index contributed by atoms with van der Waals surface area (Å²) in [5.74, 6) is -36.9. The molecule has 0 heterocycles. The van der Waals surface area contributed by atoms with Crippen LogP contribution in [0, 0.1) is 0 Å². The average Bonchev–Trinajstić information content (AvgIpc) is 2.67. The topological polar surface area (TPSA) is 36.9 Å². The van der Waals surface area contributed by atoms with Crippen LogP contribution < -0.4 is 0 Å². The highest BCUT2D eigenvalue weighted by Crippen LogP contribution is 2.61. The molecule has 0 aromatic carbocycles. The SMILES string of the molecule is C=C[Si](C)(C)O[Si](C)(C)O[Si](C)(C)O[Si](C)(C)O[Si](C)(C)CCC(F)(F)C(F)(F)C(F)(F)C(F)(F)C(F)(F)C(F)(F)F. The van der Waals surface area contributed by atoms with Crippen LogP contribution in [0.1, 0.15) is 6.42 Å². The van der Waals surface area contributed by atoms with Crippen molar-refractivity contribution in [3.8, 4) is 0 Å². The number of alkyl halides is 13. The molecule has 0 aromatic rings. The molecule has 252 valence electrons. The van der Waals surface area contributed by atoms with E-state index in [-0.39, 0.29) is 0 Å². The lowest BCUT2D eigenvalue weighted by atomic mass is 9.93. The van der Waals surface area contributed by atoms with Crippen molar-refractivity contribution >= 4 is 42.3 Å². The molecule has 0 saturated heterocycles. The van der Waals surface area contributed by atoms with E-state index in [1.54, 1.807) is 31.9 Å². The van der Waals surface area contributed by atoms with Crippen LogP contribution in [-0.2, 0) is 16.5 Å². The molecule has 0 fully saturated rings. The van der Waals surface area contributed by atoms with Crippen LogP contribution in [0.3, 0.4) is 0 Å². The smallest absolute Gasteiger partial charge is 0.436 e. The summed E-state index contributed by atoms with van der Waals surface area (Å²) < 4.78 is 199. The molecule has 0 aliphatic carbocycles. The van der Waals surface area contributed by atoms with Crippen molar-refractivity contribution in [1.29, 1.82) is 0 Å². The normalized spacial score (nSPS) is 16.2. The molecule has 0 radical (unpaired) electrons. The number of hydrogen-bond donors (Lipinski definition) is 0. The molecular formula is C20H37F13O4Si5. The van der Waals surface area contributed by atoms with E-state index in [0.29, 0.717) is 0 Å². The van der Waals surface area contributed by atoms with Gasteiger partial charge in [-0.3, -0.25) is 0 Å². The summed E-state index contributed by atoms with van der Waals surface area (Å²) in [6.45, 7) is 19.6. The molecule has 0 amide bonds. The molecule has 0 bridgehead atoms. The lowest BCUT2D eigenvalue weighted by Crippen LogP contribution is -2.70. The van der Waals surface area contributed by atoms with E-state index in [1.807, 2.05) is 13.1 Å². The fraction of sp³-hybridized carbons (Fsp3) is 0.900. The van der Waals surface area contributed by atoms with Gasteiger partial charge in [-0.05, 0) is 71.5 Å². The minimum Gasteiger partial charge on any atom is -0.436 e. The molecule has 4 nitrogen and oxygen atoms in total. The molecule has 42 heavy (non-hydrogen) atoms. The molecule has 0 unspecified atom stereocenters. The predicted octanol–water partition coefficient (Wildman–Crippen LogP) is 9.42. The van der Waals surface area contributed by atoms with Crippen LogP contribution in [-0.4, -0.2) is 78.1 Å². The van der Waals surface area contributed by atoms with E-state index in [9.17, 15) is 57.1 Å². The van der Waals surface area contributed by atoms with E-state index < -0.39 is 90.6 Å². The summed E-state index contributed by atoms with van der Waals surface area (Å²) in [6.07, 6.45) is -9.74. The van der Waals surface area contributed by atoms with Gasteiger partial charge in [0.1, 0.15) is 0 Å². The Bertz CT molecular complexity index is 955. The highest BCUT2D eigenvalue weighted by Gasteiger charge is 2.90. The van der Waals surface area contributed by atoms with Gasteiger partial charge in [-0.1, -0.05) is 5.70 Å². The standard InChI is InChI=1S/C20H37F13O4Si5/c1-12-38(2,3)34-40(6,7)36-42(10,11)37-41(8,9)35-39(4,5)14-13-15(21,22)16(23,24)17(25,26)18(27,28)19(29,30)20(31,32)33/h12H,1,13-14H2,2-11H3. The summed E-state index contributed by atoms with van der Waals surface area (Å²) in [6, 6.07) is -1.11. The Morgan fingerprint density at radius 1 is 0.500 bits per heavy atom. The van der Waals surface area contributed by atoms with Crippen molar-refractivity contribution in [2.75, 3.05) is 0 Å². The van der Waals surface area contributed by atoms with Crippen molar-refractivity contribution in [3.63, 3.8) is 0 Å². The first kappa shape index (κ1) is 41.8. The van der Waals surface area contributed by atoms with Crippen LogP contribution in [0.5, 0.6) is 0 Å². The van der Waals surface area contributed by atoms with E-state index >= 15 is 0 Å². The van der Waals surface area contributed by atoms with Gasteiger partial charge in [-0.25, -0.2) is 0 Å². The lowest BCUT2D eigenvalue weighted by molar-refractivity contribution is -0.439. The monoisotopic (exact) mass is 728 g/mol. The van der Waals surface area contributed by atoms with Crippen LogP contribution in [0.4, 0.5) is 57.1 Å². The summed E-state index contributed by atoms with van der Waals surface area (Å²) in [5.41, 5.74) is 1.69. The molecule has 0 N–H and O–H groups in total. The Morgan fingerprint density at radius 3 is 1.19 bits per heavy atom. The Kier molecular flexibility index (Phi) is 12.1. The van der Waals surface area contributed by atoms with Crippen molar-refractivity contribution in [3.05, 3.63) is 12.3 Å². The van der Waals surface area contributed by atoms with Gasteiger partial charge in [0.15, 0.2) is 16.6 Å². The molecule has 0 saturated carbocycles. The maximum atomic E-state index is 14.3. The second kappa shape index (κ2) is 12.2. The lowest BCUT2D eigenvalue weighted by Gasteiger charge is -2.42. The second-order valence-corrected chi connectivity index (χ2v) is 31.5. The van der Waals surface area contributed by atoms with Gasteiger partial charge in [-0.15, -0.1) is 6.58 Å². The first-order valence-corrected chi connectivity index (χ1v) is 26.8. The highest BCUT2D eigenvalue weighted by molar-refractivity contribution is 6.91. The van der Waals surface area contributed by atoms with E-state index in [0.717, 1.165) is 0 Å². The van der Waals surface area contributed by atoms with Gasteiger partial charge in [0.25, 0.3) is 0 Å². The van der Waals surface area contributed by atoms with Gasteiger partial charge in [0.2, 0.25) is 0 Å². The molecular weight excluding hydrogens is 692 g/mol. The zero-order valence-corrected chi connectivity index (χ0v) is 29.7. The predicted molar refractivity (Wildman–Crippen MR) is 142 cm³/mol. The maximum Gasteiger partial charge on any atom is 0.460 e. The van der Waals surface area contributed by atoms with Gasteiger partial charge in [0, 0.05) is 6.42 Å². The van der Waals surface area contributed by atoms with Crippen molar-refractivity contribution in [1.82, 2.24) is 0 Å². The average molecular weight is 729 g/mol. The molecule has 0 rings (SSSR count). The van der Waals surface area contributed by atoms with E-state index in [4.69, 9.17) is 16.5 Å². The van der Waals surface area contributed by atoms with Gasteiger partial charge >= 0.3 is 61.5 Å². The maximum absolute atomic E-state index is 14.3. The van der Waals surface area contributed by atoms with E-state index in [2.05, 4.69) is 6.58 Å². The second-order valence-electron chi connectivity index (χ2n) is 12.2. The van der Waals surface area contributed by atoms with Gasteiger partial charge < -0.3 is 16.5 Å². The van der Waals surface area contributed by atoms with E-state index in [1.165, 1.54) is 26.2 Å². The quantitative estimate of drug-likeness (QED) is 0.117. The van der Waals surface area contributed by atoms with Crippen LogP contribution in [0.15, 0.2) is 12.3 Å². The molecule has 0 aliphatic rings. The number of hydrogen-bond acceptors (Lipinski definition) is 4. The minimum atomic E-state index is -7.92. The fourth-order valence-electron chi connectivity index (χ4n) is 4.05. The summed E-state index contributed by atoms with van der Waals surface area (Å²) >= 11 is 0. The zero-order valence-electron chi connectivity index (χ0n) is 24.7. The summed E-state index contributed by atoms with van der Waals surface area (Å²) in [4.78, 5) is 0. The van der Waals surface area contributed by atoms with Crippen LogP contribution >= 0.6 is 0 Å². The molecule has 0 aromatic heterocycles. The Balaban J connectivity index is 5.84. The highest BCUT2D eigenvalue weighted by atomic mass is 28.5. The first-order chi connectivity index (χ1) is 17.8. The molecule has 22 heteroatoms. The zero-order chi connectivity index (χ0) is 34.4. The third kappa shape index (κ3) is 9.63. The van der Waals surface area contributed by atoms with Crippen LogP contribution in [0.25, 0.3) is 0 Å². The largest absolute Gasteiger partial charge is 0.460 e. The van der Waals surface area contributed by atoms with Gasteiger partial charge in [0.05, 0.1) is 0 Å². The Labute approximate surface area is 241 Å². The molecule has 0 spiro atoms.